The number of benzene rings is 4. The third-order valence-electron chi connectivity index (χ3n) is 13.1. The summed E-state index contributed by atoms with van der Waals surface area (Å²) in [5.74, 6) is -0.151. The van der Waals surface area contributed by atoms with Crippen LogP contribution in [0.3, 0.4) is 0 Å². The molecule has 342 valence electrons. The highest BCUT2D eigenvalue weighted by atomic mass is 19.3. The van der Waals surface area contributed by atoms with Crippen LogP contribution < -0.4 is 9.64 Å². The molecule has 0 saturated carbocycles. The molecule has 6 aromatic rings. The second-order valence-corrected chi connectivity index (χ2v) is 17.1. The van der Waals surface area contributed by atoms with E-state index in [-0.39, 0.29) is 42.6 Å². The van der Waals surface area contributed by atoms with Crippen LogP contribution in [0.1, 0.15) is 60.8 Å². The quantitative estimate of drug-likeness (QED) is 0.116. The van der Waals surface area contributed by atoms with E-state index < -0.39 is 25.2 Å². The second kappa shape index (κ2) is 19.4. The molecule has 1 atom stereocenters. The van der Waals surface area contributed by atoms with Crippen LogP contribution in [0.4, 0.5) is 24.5 Å². The number of amides is 3. The number of anilines is 2. The number of alkyl halides is 3. The summed E-state index contributed by atoms with van der Waals surface area (Å²) in [6, 6.07) is 28.9. The SMILES string of the molecule is Cc1c(C(=O)N(c2ccccc2)c2cnn(C(F)F)c2)cc(-c2cc3c(cc2C(=O)N2Cc4ccccc4C[C@H]2CF)CN(C(=O)Cc2ccc(OCCN4CCOCC4)cc2)CC3)n1C. The predicted molar refractivity (Wildman–Crippen MR) is 244 cm³/mol. The third-order valence-corrected chi connectivity index (χ3v) is 13.1. The number of para-hydroxylation sites is 1. The maximum Gasteiger partial charge on any atom is 0.333 e. The number of hydrogen-bond donors (Lipinski definition) is 0. The van der Waals surface area contributed by atoms with Gasteiger partial charge in [0.2, 0.25) is 5.91 Å². The zero-order chi connectivity index (χ0) is 45.9. The molecule has 0 aliphatic carbocycles. The molecule has 1 saturated heterocycles. The summed E-state index contributed by atoms with van der Waals surface area (Å²) < 4.78 is 56.1. The lowest BCUT2D eigenvalue weighted by Crippen LogP contribution is -2.45. The van der Waals surface area contributed by atoms with Gasteiger partial charge in [-0.05, 0) is 90.0 Å². The van der Waals surface area contributed by atoms with E-state index in [0.29, 0.717) is 58.9 Å². The van der Waals surface area contributed by atoms with Crippen LogP contribution in [0.2, 0.25) is 0 Å². The maximum absolute atomic E-state index is 15.1. The van der Waals surface area contributed by atoms with Crippen molar-refractivity contribution in [3.8, 4) is 17.0 Å². The van der Waals surface area contributed by atoms with Crippen molar-refractivity contribution in [2.24, 2.45) is 7.05 Å². The van der Waals surface area contributed by atoms with Crippen molar-refractivity contribution < 1.29 is 37.0 Å². The standard InChI is InChI=1S/C51H52F3N7O5/c1-34-44(50(64)61(40-10-4-3-5-11-40)42-30-55-60(33-42)51(53)54)28-47(56(34)2)45-26-37-16-17-58(48(62)24-35-12-14-43(15-13-35)66-23-20-57-18-21-65-22-19-57)31-39(37)27-46(45)49(63)59-32-38-9-7-6-8-36(38)25-41(59)29-52/h3-15,26-28,30,33,41,51H,16-25,29,31-32H2,1-2H3/t41-/m0/s1. The van der Waals surface area contributed by atoms with Crippen LogP contribution in [0, 0.1) is 6.92 Å². The van der Waals surface area contributed by atoms with Gasteiger partial charge in [-0.3, -0.25) is 24.2 Å². The number of fused-ring (bicyclic) bond motifs is 2. The average Bonchev–Trinajstić information content (AvgIpc) is 3.95. The minimum atomic E-state index is -2.90. The molecule has 12 nitrogen and oxygen atoms in total. The molecule has 4 aromatic carbocycles. The molecule has 3 amide bonds. The summed E-state index contributed by atoms with van der Waals surface area (Å²) in [7, 11) is 1.81. The topological polar surface area (TPSA) is 105 Å². The summed E-state index contributed by atoms with van der Waals surface area (Å²) in [5, 5.41) is 3.80. The largest absolute Gasteiger partial charge is 0.492 e. The summed E-state index contributed by atoms with van der Waals surface area (Å²) >= 11 is 0. The van der Waals surface area contributed by atoms with Crippen molar-refractivity contribution >= 4 is 29.1 Å². The fourth-order valence-corrected chi connectivity index (χ4v) is 9.24. The first-order chi connectivity index (χ1) is 32.1. The summed E-state index contributed by atoms with van der Waals surface area (Å²) in [6.07, 6.45) is 3.43. The van der Waals surface area contributed by atoms with Gasteiger partial charge in [-0.25, -0.2) is 9.07 Å². The van der Waals surface area contributed by atoms with Crippen molar-refractivity contribution in [1.82, 2.24) is 29.0 Å². The van der Waals surface area contributed by atoms with Gasteiger partial charge < -0.3 is 23.8 Å². The van der Waals surface area contributed by atoms with Crippen LogP contribution >= 0.6 is 0 Å². The molecule has 2 aromatic heterocycles. The second-order valence-electron chi connectivity index (χ2n) is 17.1. The minimum Gasteiger partial charge on any atom is -0.492 e. The van der Waals surface area contributed by atoms with E-state index in [1.807, 2.05) is 77.2 Å². The lowest BCUT2D eigenvalue weighted by Gasteiger charge is -2.36. The molecule has 5 heterocycles. The third kappa shape index (κ3) is 9.22. The molecular weight excluding hydrogens is 848 g/mol. The number of carbonyl (C=O) groups is 3. The molecule has 3 aliphatic heterocycles. The zero-order valence-corrected chi connectivity index (χ0v) is 37.0. The number of rotatable bonds is 13. The van der Waals surface area contributed by atoms with Crippen molar-refractivity contribution in [2.45, 2.75) is 51.9 Å². The summed E-state index contributed by atoms with van der Waals surface area (Å²) in [6.45, 7) is 3.76. The van der Waals surface area contributed by atoms with Gasteiger partial charge in [0.25, 0.3) is 11.8 Å². The fraction of sp³-hybridized carbons (Fsp3) is 0.333. The van der Waals surface area contributed by atoms with E-state index >= 15 is 4.79 Å². The van der Waals surface area contributed by atoms with Gasteiger partial charge >= 0.3 is 6.55 Å². The van der Waals surface area contributed by atoms with E-state index in [0.717, 1.165) is 72.6 Å². The van der Waals surface area contributed by atoms with Gasteiger partial charge in [0, 0.05) is 74.5 Å². The fourth-order valence-electron chi connectivity index (χ4n) is 9.24. The van der Waals surface area contributed by atoms with Gasteiger partial charge in [-0.1, -0.05) is 54.6 Å². The van der Waals surface area contributed by atoms with E-state index in [2.05, 4.69) is 10.00 Å². The Morgan fingerprint density at radius 2 is 1.59 bits per heavy atom. The number of carbonyl (C=O) groups excluding carboxylic acids is 3. The zero-order valence-electron chi connectivity index (χ0n) is 37.0. The Labute approximate surface area is 381 Å². The Hall–Kier alpha value is -6.71. The Bertz CT molecular complexity index is 2720. The lowest BCUT2D eigenvalue weighted by molar-refractivity contribution is -0.131. The molecule has 3 aliphatic rings. The van der Waals surface area contributed by atoms with E-state index in [4.69, 9.17) is 9.47 Å². The van der Waals surface area contributed by atoms with Crippen LogP contribution in [-0.4, -0.2) is 105 Å². The first kappa shape index (κ1) is 44.5. The van der Waals surface area contributed by atoms with Crippen LogP contribution in [0.15, 0.2) is 109 Å². The van der Waals surface area contributed by atoms with Crippen LogP contribution in [0.25, 0.3) is 11.3 Å². The van der Waals surface area contributed by atoms with E-state index in [9.17, 15) is 22.8 Å². The highest BCUT2D eigenvalue weighted by Crippen LogP contribution is 2.37. The average molecular weight is 900 g/mol. The van der Waals surface area contributed by atoms with Crippen molar-refractivity contribution in [3.05, 3.63) is 154 Å². The Morgan fingerprint density at radius 1 is 0.848 bits per heavy atom. The minimum absolute atomic E-state index is 0.0491. The molecule has 0 N–H and O–H groups in total. The first-order valence-electron chi connectivity index (χ1n) is 22.3. The maximum atomic E-state index is 15.1. The van der Waals surface area contributed by atoms with Crippen LogP contribution in [0.5, 0.6) is 5.75 Å². The van der Waals surface area contributed by atoms with Gasteiger partial charge in [0.15, 0.2) is 0 Å². The number of ether oxygens (including phenoxy) is 2. The molecule has 15 heteroatoms. The molecular formula is C51H52F3N7O5. The monoisotopic (exact) mass is 899 g/mol. The predicted octanol–water partition coefficient (Wildman–Crippen LogP) is 7.95. The molecule has 66 heavy (non-hydrogen) atoms. The molecule has 9 rings (SSSR count). The number of morpholine rings is 1. The lowest BCUT2D eigenvalue weighted by atomic mass is 9.89. The molecule has 0 unspecified atom stereocenters. The normalized spacial score (nSPS) is 16.2. The van der Waals surface area contributed by atoms with Crippen molar-refractivity contribution in [3.63, 3.8) is 0 Å². The number of aromatic nitrogens is 3. The Morgan fingerprint density at radius 3 is 2.32 bits per heavy atom. The van der Waals surface area contributed by atoms with Crippen molar-refractivity contribution in [2.75, 3.05) is 57.6 Å². The summed E-state index contributed by atoms with van der Waals surface area (Å²) in [4.78, 5) is 50.7. The van der Waals surface area contributed by atoms with Gasteiger partial charge in [-0.2, -0.15) is 13.9 Å². The molecule has 0 radical (unpaired) electrons. The molecule has 0 spiro atoms. The smallest absolute Gasteiger partial charge is 0.333 e. The number of nitrogens with zero attached hydrogens (tertiary/aromatic N) is 7. The van der Waals surface area contributed by atoms with E-state index in [1.165, 1.54) is 11.1 Å². The van der Waals surface area contributed by atoms with Gasteiger partial charge in [0.05, 0.1) is 49.3 Å². The van der Waals surface area contributed by atoms with Crippen molar-refractivity contribution in [1.29, 1.82) is 0 Å². The number of halogens is 3. The summed E-state index contributed by atoms with van der Waals surface area (Å²) in [5.41, 5.74) is 7.49. The highest BCUT2D eigenvalue weighted by molar-refractivity contribution is 6.12. The Kier molecular flexibility index (Phi) is 13.1. The van der Waals surface area contributed by atoms with Crippen LogP contribution in [-0.2, 0) is 48.9 Å². The first-order valence-corrected chi connectivity index (χ1v) is 22.3. The molecule has 1 fully saturated rings. The van der Waals surface area contributed by atoms with Gasteiger partial charge in [-0.15, -0.1) is 0 Å². The highest BCUT2D eigenvalue weighted by Gasteiger charge is 2.35. The molecule has 0 bridgehead atoms. The van der Waals surface area contributed by atoms with E-state index in [1.54, 1.807) is 48.2 Å². The van der Waals surface area contributed by atoms with Gasteiger partial charge in [0.1, 0.15) is 19.0 Å². The Balaban J connectivity index is 1.02. The number of hydrogen-bond acceptors (Lipinski definition) is 7.